The van der Waals surface area contributed by atoms with E-state index in [1.54, 1.807) is 6.20 Å². The molecule has 1 fully saturated rings. The summed E-state index contributed by atoms with van der Waals surface area (Å²) in [6, 6.07) is 7.91. The molecule has 2 aromatic rings. The van der Waals surface area contributed by atoms with E-state index < -0.39 is 0 Å². The summed E-state index contributed by atoms with van der Waals surface area (Å²) in [6.45, 7) is 3.12. The summed E-state index contributed by atoms with van der Waals surface area (Å²) in [5, 5.41) is 0. The first-order chi connectivity index (χ1) is 10.2. The number of anilines is 1. The maximum atomic E-state index is 12.3. The molecule has 1 aromatic carbocycles. The molecular formula is C14H15BrN4OS. The minimum Gasteiger partial charge on any atom is -0.351 e. The summed E-state index contributed by atoms with van der Waals surface area (Å²) < 4.78 is 9.28. The Hall–Kier alpha value is -1.47. The van der Waals surface area contributed by atoms with E-state index in [-0.39, 0.29) is 5.91 Å². The highest BCUT2D eigenvalue weighted by molar-refractivity contribution is 9.10. The average molecular weight is 367 g/mol. The van der Waals surface area contributed by atoms with E-state index in [9.17, 15) is 4.79 Å². The van der Waals surface area contributed by atoms with Crippen LogP contribution in [0.4, 0.5) is 5.82 Å². The topological polar surface area (TPSA) is 49.3 Å². The van der Waals surface area contributed by atoms with Gasteiger partial charge in [-0.3, -0.25) is 4.79 Å². The van der Waals surface area contributed by atoms with Crippen LogP contribution < -0.4 is 4.90 Å². The van der Waals surface area contributed by atoms with Crippen LogP contribution >= 0.6 is 27.7 Å². The second kappa shape index (κ2) is 6.53. The zero-order valence-electron chi connectivity index (χ0n) is 11.4. The Labute approximate surface area is 136 Å². The number of amides is 1. The molecule has 1 aliphatic heterocycles. The number of aromatic nitrogens is 2. The Morgan fingerprint density at radius 2 is 1.90 bits per heavy atom. The van der Waals surface area contributed by atoms with E-state index >= 15 is 0 Å². The fourth-order valence-electron chi connectivity index (χ4n) is 2.37. The maximum Gasteiger partial charge on any atom is 0.227 e. The van der Waals surface area contributed by atoms with E-state index in [1.165, 1.54) is 11.7 Å². The fourth-order valence-corrected chi connectivity index (χ4v) is 3.07. The van der Waals surface area contributed by atoms with Gasteiger partial charge in [-0.15, -0.1) is 0 Å². The Kier molecular flexibility index (Phi) is 4.50. The standard InChI is InChI=1S/C14H15BrN4OS/c15-12-3-1-11(2-4-12)9-14(20)19-7-5-18(6-8-19)13-10-16-21-17-13/h1-4,10H,5-9H2. The molecule has 0 radical (unpaired) electrons. The quantitative estimate of drug-likeness (QED) is 0.835. The molecule has 0 saturated carbocycles. The highest BCUT2D eigenvalue weighted by atomic mass is 79.9. The molecule has 1 saturated heterocycles. The zero-order chi connectivity index (χ0) is 14.7. The highest BCUT2D eigenvalue weighted by Gasteiger charge is 2.22. The fraction of sp³-hybridized carbons (Fsp3) is 0.357. The van der Waals surface area contributed by atoms with Crippen molar-refractivity contribution >= 4 is 39.4 Å². The third-order valence-corrected chi connectivity index (χ3v) is 4.57. The lowest BCUT2D eigenvalue weighted by Crippen LogP contribution is -2.49. The van der Waals surface area contributed by atoms with Crippen molar-refractivity contribution in [2.45, 2.75) is 6.42 Å². The average Bonchev–Trinajstić information content (AvgIpc) is 3.04. The van der Waals surface area contributed by atoms with Crippen LogP contribution in [0.1, 0.15) is 5.56 Å². The van der Waals surface area contributed by atoms with Crippen LogP contribution in [0.2, 0.25) is 0 Å². The van der Waals surface area contributed by atoms with Gasteiger partial charge in [0.15, 0.2) is 5.82 Å². The number of carbonyl (C=O) groups excluding carboxylic acids is 1. The summed E-state index contributed by atoms with van der Waals surface area (Å²) >= 11 is 4.62. The molecule has 0 atom stereocenters. The maximum absolute atomic E-state index is 12.3. The van der Waals surface area contributed by atoms with Crippen LogP contribution in [-0.2, 0) is 11.2 Å². The van der Waals surface area contributed by atoms with Gasteiger partial charge in [0.05, 0.1) is 24.3 Å². The minimum absolute atomic E-state index is 0.188. The largest absolute Gasteiger partial charge is 0.351 e. The van der Waals surface area contributed by atoms with Crippen LogP contribution in [-0.4, -0.2) is 45.7 Å². The molecule has 0 N–H and O–H groups in total. The lowest BCUT2D eigenvalue weighted by atomic mass is 10.1. The number of carbonyl (C=O) groups is 1. The van der Waals surface area contributed by atoms with Crippen molar-refractivity contribution < 1.29 is 4.79 Å². The van der Waals surface area contributed by atoms with Crippen LogP contribution in [0.5, 0.6) is 0 Å². The Balaban J connectivity index is 1.54. The molecule has 7 heteroatoms. The molecule has 3 rings (SSSR count). The van der Waals surface area contributed by atoms with Crippen LogP contribution in [0.15, 0.2) is 34.9 Å². The van der Waals surface area contributed by atoms with Gasteiger partial charge in [-0.05, 0) is 17.7 Å². The normalized spacial score (nSPS) is 15.3. The van der Waals surface area contributed by atoms with Gasteiger partial charge in [0, 0.05) is 30.7 Å². The van der Waals surface area contributed by atoms with E-state index in [2.05, 4.69) is 29.6 Å². The van der Waals surface area contributed by atoms with E-state index in [0.29, 0.717) is 6.42 Å². The van der Waals surface area contributed by atoms with Gasteiger partial charge in [0.25, 0.3) is 0 Å². The van der Waals surface area contributed by atoms with Crippen molar-refractivity contribution in [3.8, 4) is 0 Å². The van der Waals surface area contributed by atoms with E-state index in [0.717, 1.165) is 42.0 Å². The molecule has 1 aromatic heterocycles. The number of rotatable bonds is 3. The van der Waals surface area contributed by atoms with Gasteiger partial charge >= 0.3 is 0 Å². The smallest absolute Gasteiger partial charge is 0.227 e. The van der Waals surface area contributed by atoms with Crippen LogP contribution in [0.3, 0.4) is 0 Å². The first-order valence-electron chi connectivity index (χ1n) is 6.77. The van der Waals surface area contributed by atoms with Crippen LogP contribution in [0.25, 0.3) is 0 Å². The Morgan fingerprint density at radius 3 is 2.52 bits per heavy atom. The number of benzene rings is 1. The lowest BCUT2D eigenvalue weighted by molar-refractivity contribution is -0.130. The van der Waals surface area contributed by atoms with Crippen molar-refractivity contribution in [3.63, 3.8) is 0 Å². The van der Waals surface area contributed by atoms with Crippen LogP contribution in [0, 0.1) is 0 Å². The van der Waals surface area contributed by atoms with Gasteiger partial charge in [-0.1, -0.05) is 28.1 Å². The third kappa shape index (κ3) is 3.59. The number of halogens is 1. The molecule has 0 aliphatic carbocycles. The van der Waals surface area contributed by atoms with Crippen molar-refractivity contribution in [1.82, 2.24) is 13.6 Å². The zero-order valence-corrected chi connectivity index (χ0v) is 13.8. The molecule has 5 nitrogen and oxygen atoms in total. The number of hydrogen-bond acceptors (Lipinski definition) is 5. The van der Waals surface area contributed by atoms with Crippen molar-refractivity contribution in [1.29, 1.82) is 0 Å². The Bertz CT molecular complexity index is 594. The summed E-state index contributed by atoms with van der Waals surface area (Å²) in [4.78, 5) is 16.4. The Morgan fingerprint density at radius 1 is 1.19 bits per heavy atom. The van der Waals surface area contributed by atoms with Crippen molar-refractivity contribution in [2.75, 3.05) is 31.1 Å². The second-order valence-corrected chi connectivity index (χ2v) is 6.41. The number of hydrogen-bond donors (Lipinski definition) is 0. The second-order valence-electron chi connectivity index (χ2n) is 4.94. The molecule has 110 valence electrons. The summed E-state index contributed by atoms with van der Waals surface area (Å²) in [7, 11) is 0. The number of nitrogens with zero attached hydrogens (tertiary/aromatic N) is 4. The first-order valence-corrected chi connectivity index (χ1v) is 8.29. The van der Waals surface area contributed by atoms with Crippen molar-refractivity contribution in [3.05, 3.63) is 40.5 Å². The third-order valence-electron chi connectivity index (χ3n) is 3.57. The van der Waals surface area contributed by atoms with Gasteiger partial charge in [0.1, 0.15) is 0 Å². The summed E-state index contributed by atoms with van der Waals surface area (Å²) in [5.74, 6) is 1.10. The molecule has 1 amide bonds. The van der Waals surface area contributed by atoms with Crippen molar-refractivity contribution in [2.24, 2.45) is 0 Å². The predicted molar refractivity (Wildman–Crippen MR) is 86.5 cm³/mol. The van der Waals surface area contributed by atoms with Gasteiger partial charge in [-0.25, -0.2) is 0 Å². The lowest BCUT2D eigenvalue weighted by Gasteiger charge is -2.34. The summed E-state index contributed by atoms with van der Waals surface area (Å²) in [6.07, 6.45) is 2.25. The molecule has 2 heterocycles. The molecular weight excluding hydrogens is 352 g/mol. The summed E-state index contributed by atoms with van der Waals surface area (Å²) in [5.41, 5.74) is 1.05. The first kappa shape index (κ1) is 14.5. The SMILES string of the molecule is O=C(Cc1ccc(Br)cc1)N1CCN(c2cnsn2)CC1. The molecule has 0 bridgehead atoms. The molecule has 1 aliphatic rings. The molecule has 0 spiro atoms. The van der Waals surface area contributed by atoms with E-state index in [1.807, 2.05) is 29.2 Å². The molecule has 0 unspecified atom stereocenters. The van der Waals surface area contributed by atoms with E-state index in [4.69, 9.17) is 0 Å². The van der Waals surface area contributed by atoms with Gasteiger partial charge in [-0.2, -0.15) is 8.75 Å². The highest BCUT2D eigenvalue weighted by Crippen LogP contribution is 2.15. The minimum atomic E-state index is 0.188. The van der Waals surface area contributed by atoms with Gasteiger partial charge in [0.2, 0.25) is 5.91 Å². The molecule has 21 heavy (non-hydrogen) atoms. The monoisotopic (exact) mass is 366 g/mol. The van der Waals surface area contributed by atoms with Gasteiger partial charge < -0.3 is 9.80 Å². The number of piperazine rings is 1. The predicted octanol–water partition coefficient (Wildman–Crippen LogP) is 2.19.